The summed E-state index contributed by atoms with van der Waals surface area (Å²) >= 11 is 0. The molecule has 0 fully saturated rings. The van der Waals surface area contributed by atoms with Crippen LogP contribution in [0.15, 0.2) is 122 Å². The first-order chi connectivity index (χ1) is 30.0. The molecule has 0 saturated carbocycles. The predicted octanol–water partition coefficient (Wildman–Crippen LogP) is 15.7. The van der Waals surface area contributed by atoms with Gasteiger partial charge in [-0.2, -0.15) is 0 Å². The standard InChI is InChI=1S/C55H86O6/c1-4-7-10-13-16-19-22-25-27-30-33-36-39-42-45-48-54(57)60-51-52(50-59-53(56)47-44-41-38-35-32-29-24-21-18-15-12-9-6-3)61-55(58)49-46-43-40-37-34-31-28-26-23-20-17-14-11-8-5-2/h7,9-10,12-13,15-27,29,32,52H,4-6,8,11,14,28,30-31,33-51H2,1-3H3/b10-7+,12-9+,16-13+,18-15+,20-17+,22-19+,24-21+,26-23+,27-25+,32-29+. The van der Waals surface area contributed by atoms with Gasteiger partial charge in [0, 0.05) is 19.3 Å². The van der Waals surface area contributed by atoms with Crippen molar-refractivity contribution in [2.45, 2.75) is 194 Å². The summed E-state index contributed by atoms with van der Waals surface area (Å²) in [5.74, 6) is -0.996. The molecule has 0 aliphatic rings. The van der Waals surface area contributed by atoms with Crippen molar-refractivity contribution in [2.24, 2.45) is 0 Å². The summed E-state index contributed by atoms with van der Waals surface area (Å²) in [7, 11) is 0. The minimum atomic E-state index is -0.813. The molecule has 6 heteroatoms. The predicted molar refractivity (Wildman–Crippen MR) is 260 cm³/mol. The second kappa shape index (κ2) is 48.5. The number of carbonyl (C=O) groups excluding carboxylic acids is 3. The van der Waals surface area contributed by atoms with Crippen LogP contribution in [0, 0.1) is 0 Å². The fourth-order valence-corrected chi connectivity index (χ4v) is 6.04. The molecule has 1 atom stereocenters. The summed E-state index contributed by atoms with van der Waals surface area (Å²) in [6.45, 7) is 6.23. The van der Waals surface area contributed by atoms with E-state index in [0.29, 0.717) is 19.3 Å². The summed E-state index contributed by atoms with van der Waals surface area (Å²) < 4.78 is 16.7. The Morgan fingerprint density at radius 3 is 1.03 bits per heavy atom. The van der Waals surface area contributed by atoms with Gasteiger partial charge in [-0.3, -0.25) is 14.4 Å². The lowest BCUT2D eigenvalue weighted by Gasteiger charge is -2.18. The summed E-state index contributed by atoms with van der Waals surface area (Å²) in [6.07, 6.45) is 66.0. The van der Waals surface area contributed by atoms with Gasteiger partial charge in [0.15, 0.2) is 6.10 Å². The number of hydrogen-bond donors (Lipinski definition) is 0. The van der Waals surface area contributed by atoms with Crippen LogP contribution in [0.1, 0.15) is 188 Å². The Bertz CT molecular complexity index is 1340. The largest absolute Gasteiger partial charge is 0.462 e. The Morgan fingerprint density at radius 2 is 0.639 bits per heavy atom. The van der Waals surface area contributed by atoms with E-state index in [2.05, 4.69) is 81.5 Å². The smallest absolute Gasteiger partial charge is 0.306 e. The fraction of sp³-hybridized carbons (Fsp3) is 0.582. The maximum Gasteiger partial charge on any atom is 0.306 e. The van der Waals surface area contributed by atoms with Gasteiger partial charge in [0.05, 0.1) is 0 Å². The average Bonchev–Trinajstić information content (AvgIpc) is 3.26. The molecule has 0 N–H and O–H groups in total. The van der Waals surface area contributed by atoms with Crippen molar-refractivity contribution in [1.29, 1.82) is 0 Å². The van der Waals surface area contributed by atoms with Crippen molar-refractivity contribution in [2.75, 3.05) is 13.2 Å². The molecule has 0 amide bonds. The van der Waals surface area contributed by atoms with E-state index in [4.69, 9.17) is 14.2 Å². The molecule has 0 aromatic rings. The second-order valence-electron chi connectivity index (χ2n) is 15.5. The molecular formula is C55H86O6. The van der Waals surface area contributed by atoms with Crippen LogP contribution in [-0.4, -0.2) is 37.2 Å². The summed E-state index contributed by atoms with van der Waals surface area (Å²) in [5, 5.41) is 0. The van der Waals surface area contributed by atoms with Crippen molar-refractivity contribution in [3.63, 3.8) is 0 Å². The minimum absolute atomic E-state index is 0.112. The Hall–Kier alpha value is -4.19. The van der Waals surface area contributed by atoms with Crippen LogP contribution in [0.3, 0.4) is 0 Å². The Balaban J connectivity index is 4.54. The normalized spacial score (nSPS) is 13.2. The van der Waals surface area contributed by atoms with Crippen LogP contribution in [0.4, 0.5) is 0 Å². The number of carbonyl (C=O) groups is 3. The van der Waals surface area contributed by atoms with Gasteiger partial charge >= 0.3 is 17.9 Å². The summed E-state index contributed by atoms with van der Waals surface area (Å²) in [4.78, 5) is 37.9. The zero-order chi connectivity index (χ0) is 44.4. The topological polar surface area (TPSA) is 78.9 Å². The van der Waals surface area contributed by atoms with Crippen molar-refractivity contribution in [3.05, 3.63) is 122 Å². The third-order valence-electron chi connectivity index (χ3n) is 9.65. The lowest BCUT2D eigenvalue weighted by molar-refractivity contribution is -0.167. The molecule has 342 valence electrons. The van der Waals surface area contributed by atoms with Gasteiger partial charge in [-0.05, 0) is 83.5 Å². The molecule has 0 rings (SSSR count). The zero-order valence-corrected chi connectivity index (χ0v) is 38.9. The number of hydrogen-bond acceptors (Lipinski definition) is 6. The number of esters is 3. The van der Waals surface area contributed by atoms with Crippen LogP contribution in [-0.2, 0) is 28.6 Å². The monoisotopic (exact) mass is 843 g/mol. The van der Waals surface area contributed by atoms with Crippen molar-refractivity contribution >= 4 is 17.9 Å². The van der Waals surface area contributed by atoms with E-state index in [9.17, 15) is 14.4 Å². The van der Waals surface area contributed by atoms with Crippen molar-refractivity contribution in [3.8, 4) is 0 Å². The van der Waals surface area contributed by atoms with Crippen LogP contribution >= 0.6 is 0 Å². The molecule has 0 aliphatic heterocycles. The van der Waals surface area contributed by atoms with E-state index in [1.165, 1.54) is 32.1 Å². The van der Waals surface area contributed by atoms with Gasteiger partial charge in [-0.15, -0.1) is 0 Å². The Labute approximate surface area is 373 Å². The van der Waals surface area contributed by atoms with Gasteiger partial charge in [0.25, 0.3) is 0 Å². The van der Waals surface area contributed by atoms with Gasteiger partial charge in [-0.25, -0.2) is 0 Å². The number of unbranched alkanes of at least 4 members (excludes halogenated alkanes) is 17. The molecule has 6 nitrogen and oxygen atoms in total. The molecule has 61 heavy (non-hydrogen) atoms. The molecule has 0 spiro atoms. The molecule has 0 saturated heterocycles. The quantitative estimate of drug-likeness (QED) is 0.0264. The van der Waals surface area contributed by atoms with Crippen molar-refractivity contribution < 1.29 is 28.6 Å². The van der Waals surface area contributed by atoms with Crippen LogP contribution in [0.2, 0.25) is 0 Å². The van der Waals surface area contributed by atoms with Gasteiger partial charge in [-0.1, -0.05) is 206 Å². The molecule has 0 aromatic carbocycles. The number of ether oxygens (including phenoxy) is 3. The highest BCUT2D eigenvalue weighted by molar-refractivity contribution is 5.71. The van der Waals surface area contributed by atoms with Crippen LogP contribution in [0.25, 0.3) is 0 Å². The molecular weight excluding hydrogens is 757 g/mol. The second-order valence-corrected chi connectivity index (χ2v) is 15.5. The van der Waals surface area contributed by atoms with Crippen molar-refractivity contribution in [1.82, 2.24) is 0 Å². The molecule has 1 unspecified atom stereocenters. The maximum absolute atomic E-state index is 12.8. The third-order valence-corrected chi connectivity index (χ3v) is 9.65. The molecule has 0 radical (unpaired) electrons. The molecule has 0 aliphatic carbocycles. The van der Waals surface area contributed by atoms with E-state index in [-0.39, 0.29) is 31.1 Å². The molecule has 0 aromatic heterocycles. The third kappa shape index (κ3) is 46.7. The van der Waals surface area contributed by atoms with Crippen LogP contribution < -0.4 is 0 Å². The lowest BCUT2D eigenvalue weighted by Crippen LogP contribution is -2.30. The fourth-order valence-electron chi connectivity index (χ4n) is 6.04. The zero-order valence-electron chi connectivity index (χ0n) is 38.9. The van der Waals surface area contributed by atoms with Gasteiger partial charge in [0.1, 0.15) is 13.2 Å². The Kier molecular flexibility index (Phi) is 45.1. The first-order valence-electron chi connectivity index (χ1n) is 24.2. The van der Waals surface area contributed by atoms with E-state index in [1.54, 1.807) is 0 Å². The van der Waals surface area contributed by atoms with Gasteiger partial charge < -0.3 is 14.2 Å². The maximum atomic E-state index is 12.8. The van der Waals surface area contributed by atoms with E-state index in [0.717, 1.165) is 116 Å². The lowest BCUT2D eigenvalue weighted by atomic mass is 10.1. The first kappa shape index (κ1) is 56.8. The van der Waals surface area contributed by atoms with E-state index in [1.807, 2.05) is 60.8 Å². The number of allylic oxidation sites excluding steroid dienone is 20. The van der Waals surface area contributed by atoms with Crippen LogP contribution in [0.5, 0.6) is 0 Å². The van der Waals surface area contributed by atoms with E-state index < -0.39 is 6.10 Å². The highest BCUT2D eigenvalue weighted by atomic mass is 16.6. The Morgan fingerprint density at radius 1 is 0.344 bits per heavy atom. The highest BCUT2D eigenvalue weighted by Gasteiger charge is 2.19. The first-order valence-corrected chi connectivity index (χ1v) is 24.2. The molecule has 0 heterocycles. The SMILES string of the molecule is CC/C=C/C=C/C=C/C=C/CCCCCCCC(=O)OCC(COC(=O)CCCCC/C=C/C=C/C=C/C=C/CC)OC(=O)CCCCCCCC/C=C/C=C/CCCCC. The van der Waals surface area contributed by atoms with Gasteiger partial charge in [0.2, 0.25) is 0 Å². The minimum Gasteiger partial charge on any atom is -0.462 e. The average molecular weight is 843 g/mol. The van der Waals surface area contributed by atoms with E-state index >= 15 is 0 Å². The highest BCUT2D eigenvalue weighted by Crippen LogP contribution is 2.13. The molecule has 0 bridgehead atoms. The number of rotatable bonds is 41. The summed E-state index contributed by atoms with van der Waals surface area (Å²) in [5.41, 5.74) is 0. The summed E-state index contributed by atoms with van der Waals surface area (Å²) in [6, 6.07) is 0.